The molecule has 2 fully saturated rings. The lowest BCUT2D eigenvalue weighted by Crippen LogP contribution is -2.60. The van der Waals surface area contributed by atoms with Gasteiger partial charge in [0.1, 0.15) is 28.8 Å². The van der Waals surface area contributed by atoms with Crippen LogP contribution in [-0.2, 0) is 28.5 Å². The number of esters is 1. The number of amides is 1. The summed E-state index contributed by atoms with van der Waals surface area (Å²) in [6.45, 7) is 16.1. The predicted molar refractivity (Wildman–Crippen MR) is 250 cm³/mol. The van der Waals surface area contributed by atoms with Crippen molar-refractivity contribution in [3.8, 4) is 11.5 Å². The number of aliphatic hydroxyl groups excluding tert-OH is 3. The molecule has 5 N–H and O–H groups in total. The molecule has 67 heavy (non-hydrogen) atoms. The van der Waals surface area contributed by atoms with Crippen LogP contribution in [0, 0.1) is 30.6 Å². The maximum absolute atomic E-state index is 14.9. The third-order valence-corrected chi connectivity index (χ3v) is 14.5. The Labute approximate surface area is 386 Å². The van der Waals surface area contributed by atoms with Crippen LogP contribution in [0.4, 0.5) is 11.4 Å². The molecule has 0 saturated carbocycles. The van der Waals surface area contributed by atoms with Crippen molar-refractivity contribution in [2.24, 2.45) is 23.7 Å². The number of nitrogens with zero attached hydrogens (tertiary/aromatic N) is 2. The SMILES string of the molecule is CO[C@H]1/C=C/O[C@@]2(C)Oc3c(C)c(O)c4c(=O)c(c5oc6cc(N7CCC(O)CC7)cc(=O)c6nc5c4c3=C2O)NC(=O)/C(C)=C\C=C\[C@]2(C)O[C@H]([C@@H](C)[C@@H](O)[C@@H](C)[C@H](OC(C)=O)[C@@H]1C)[C@H]2C. The van der Waals surface area contributed by atoms with Gasteiger partial charge in [-0.25, -0.2) is 4.98 Å². The number of aliphatic hydroxyl groups is 3. The first-order chi connectivity index (χ1) is 31.6. The highest BCUT2D eigenvalue weighted by Crippen LogP contribution is 2.46. The average molecular weight is 926 g/mol. The lowest BCUT2D eigenvalue weighted by Gasteiger charge is -2.54. The molecule has 358 valence electrons. The van der Waals surface area contributed by atoms with Crippen LogP contribution in [0.5, 0.6) is 11.5 Å². The molecule has 17 nitrogen and oxygen atoms in total. The van der Waals surface area contributed by atoms with Gasteiger partial charge in [-0.3, -0.25) is 19.2 Å². The van der Waals surface area contributed by atoms with Crippen LogP contribution in [0.2, 0.25) is 0 Å². The molecule has 3 aromatic carbocycles. The van der Waals surface area contributed by atoms with Crippen LogP contribution in [0.15, 0.2) is 62.3 Å². The van der Waals surface area contributed by atoms with E-state index >= 15 is 0 Å². The molecular weight excluding hydrogens is 867 g/mol. The monoisotopic (exact) mass is 925 g/mol. The number of rotatable bonds is 3. The van der Waals surface area contributed by atoms with Gasteiger partial charge < -0.3 is 58.7 Å². The number of aromatic hydroxyl groups is 1. The number of fused-ring (bicyclic) bond motifs is 1. The fourth-order valence-corrected chi connectivity index (χ4v) is 10.1. The van der Waals surface area contributed by atoms with Crippen molar-refractivity contribution in [2.75, 3.05) is 30.4 Å². The number of phenols is 1. The van der Waals surface area contributed by atoms with Crippen molar-refractivity contribution in [1.82, 2.24) is 4.98 Å². The van der Waals surface area contributed by atoms with Gasteiger partial charge in [0.25, 0.3) is 5.91 Å². The Morgan fingerprint density at radius 3 is 2.33 bits per heavy atom. The largest absolute Gasteiger partial charge is 0.507 e. The standard InChI is InChI=1S/C50H59N3O14/c1-22-12-11-16-49(8)27(6)44(66-49)25(4)40(57)24(3)43(64-28(7)54)23(2)32(62-10)15-19-63-50(9)47(60)36-34-35(41(58)26(5)45(36)67-50)42(59)39(52-48(22)61)46-38(34)51-37-31(56)20-29(21-33(37)65-46)53-17-13-30(55)14-18-53/h11-12,15-16,19-21,23-25,27,30,32,40,43-44,55,57-58,60H,13-14,17-18H2,1-10H3,(H,52,61)/b16-11+,19-15+,22-12-/t23-,24-,25+,27-,32+,40+,43-,44-,49+,50+/m1/s1. The molecule has 1 aromatic heterocycles. The van der Waals surface area contributed by atoms with Gasteiger partial charge in [-0.05, 0) is 39.7 Å². The van der Waals surface area contributed by atoms with E-state index in [9.17, 15) is 39.6 Å². The number of anilines is 2. The molecule has 0 radical (unpaired) electrons. The molecule has 0 aliphatic carbocycles. The second-order valence-electron chi connectivity index (χ2n) is 18.9. The number of phenolic OH excluding ortho intramolecular Hbond substituents is 1. The zero-order chi connectivity index (χ0) is 48.6. The summed E-state index contributed by atoms with van der Waals surface area (Å²) in [6.07, 6.45) is 5.41. The van der Waals surface area contributed by atoms with Crippen molar-refractivity contribution in [2.45, 2.75) is 117 Å². The van der Waals surface area contributed by atoms with Crippen molar-refractivity contribution < 1.29 is 58.1 Å². The summed E-state index contributed by atoms with van der Waals surface area (Å²) in [5.41, 5.74) is -2.32. The third kappa shape index (κ3) is 8.08. The highest BCUT2D eigenvalue weighted by Gasteiger charge is 2.52. The molecule has 17 heteroatoms. The Morgan fingerprint density at radius 2 is 1.67 bits per heavy atom. The summed E-state index contributed by atoms with van der Waals surface area (Å²) in [4.78, 5) is 62.1. The van der Waals surface area contributed by atoms with E-state index in [1.165, 1.54) is 40.2 Å². The molecule has 10 atom stereocenters. The van der Waals surface area contributed by atoms with Gasteiger partial charge in [0.05, 0.1) is 46.9 Å². The van der Waals surface area contributed by atoms with Gasteiger partial charge in [0.2, 0.25) is 10.9 Å². The number of benzene rings is 3. The van der Waals surface area contributed by atoms with E-state index in [1.54, 1.807) is 38.1 Å². The first kappa shape index (κ1) is 47.5. The number of hydrogen-bond donors (Lipinski definition) is 5. The van der Waals surface area contributed by atoms with Crippen LogP contribution >= 0.6 is 0 Å². The van der Waals surface area contributed by atoms with Crippen LogP contribution in [0.3, 0.4) is 0 Å². The van der Waals surface area contributed by atoms with E-state index in [4.69, 9.17) is 33.1 Å². The quantitative estimate of drug-likeness (QED) is 0.0994. The number of carbonyl (C=O) groups is 2. The number of aromatic nitrogens is 1. The minimum atomic E-state index is -1.98. The van der Waals surface area contributed by atoms with Gasteiger partial charge in [-0.1, -0.05) is 45.9 Å². The van der Waals surface area contributed by atoms with Gasteiger partial charge in [0, 0.05) is 92.1 Å². The predicted octanol–water partition coefficient (Wildman–Crippen LogP) is 5.32. The van der Waals surface area contributed by atoms with E-state index in [-0.39, 0.29) is 72.8 Å². The summed E-state index contributed by atoms with van der Waals surface area (Å²) in [5, 5.41) is 48.2. The molecule has 4 aromatic rings. The third-order valence-electron chi connectivity index (χ3n) is 14.5. The number of methoxy groups -OCH3 is 1. The van der Waals surface area contributed by atoms with Crippen LogP contribution in [0.25, 0.3) is 38.7 Å². The molecular formula is C50H59N3O14. The molecule has 2 saturated heterocycles. The van der Waals surface area contributed by atoms with Crippen LogP contribution < -0.4 is 31.0 Å². The van der Waals surface area contributed by atoms with Gasteiger partial charge in [-0.2, -0.15) is 0 Å². The van der Waals surface area contributed by atoms with E-state index < -0.39 is 87.8 Å². The highest BCUT2D eigenvalue weighted by atomic mass is 16.7. The van der Waals surface area contributed by atoms with Crippen molar-refractivity contribution in [1.29, 1.82) is 0 Å². The Kier molecular flexibility index (Phi) is 12.5. The second-order valence-corrected chi connectivity index (χ2v) is 18.9. The topological polar surface area (TPSA) is 237 Å². The highest BCUT2D eigenvalue weighted by molar-refractivity contribution is 6.16. The zero-order valence-electron chi connectivity index (χ0n) is 39.3. The summed E-state index contributed by atoms with van der Waals surface area (Å²) in [7, 11) is 1.47. The molecule has 11 rings (SSSR count). The first-order valence-electron chi connectivity index (χ1n) is 22.7. The van der Waals surface area contributed by atoms with E-state index in [1.807, 2.05) is 38.7 Å². The minimum Gasteiger partial charge on any atom is -0.507 e. The number of ether oxygens (including phenoxy) is 5. The van der Waals surface area contributed by atoms with Gasteiger partial charge in [-0.15, -0.1) is 0 Å². The number of hydrogen-bond acceptors (Lipinski definition) is 16. The molecule has 8 heterocycles. The van der Waals surface area contributed by atoms with Crippen LogP contribution in [0.1, 0.15) is 73.8 Å². The summed E-state index contributed by atoms with van der Waals surface area (Å²) < 4.78 is 37.0. The fourth-order valence-electron chi connectivity index (χ4n) is 10.1. The average Bonchev–Trinajstić information content (AvgIpc) is 3.56. The Hall–Kier alpha value is -6.01. The Morgan fingerprint density at radius 1 is 0.970 bits per heavy atom. The maximum Gasteiger partial charge on any atom is 0.307 e. The van der Waals surface area contributed by atoms with Gasteiger partial charge >= 0.3 is 11.8 Å². The second kappa shape index (κ2) is 17.6. The zero-order valence-corrected chi connectivity index (χ0v) is 39.3. The summed E-state index contributed by atoms with van der Waals surface area (Å²) in [5.74, 6) is -5.96. The minimum absolute atomic E-state index is 0.000492. The smallest absolute Gasteiger partial charge is 0.307 e. The van der Waals surface area contributed by atoms with E-state index in [0.717, 1.165) is 0 Å². The first-order valence-corrected chi connectivity index (χ1v) is 22.7. The number of carbonyl (C=O) groups excluding carboxylic acids is 2. The molecule has 1 amide bonds. The molecule has 0 spiro atoms. The van der Waals surface area contributed by atoms with Crippen molar-refractivity contribution >= 4 is 62.0 Å². The maximum atomic E-state index is 14.9. The van der Waals surface area contributed by atoms with Crippen molar-refractivity contribution in [3.63, 3.8) is 0 Å². The number of nitrogens with one attached hydrogen (secondary N) is 1. The fraction of sp³-hybridized carbons (Fsp3) is 0.500. The normalized spacial score (nSPS) is 32.5. The molecule has 7 aliphatic heterocycles. The summed E-state index contributed by atoms with van der Waals surface area (Å²) >= 11 is 0. The number of allylic oxidation sites excluding steroid dienone is 2. The lowest BCUT2D eigenvalue weighted by molar-refractivity contribution is -0.251. The lowest BCUT2D eigenvalue weighted by atomic mass is 9.70. The van der Waals surface area contributed by atoms with Gasteiger partial charge in [0.15, 0.2) is 22.4 Å². The van der Waals surface area contributed by atoms with Crippen LogP contribution in [-0.4, -0.2) is 99.4 Å². The Bertz CT molecular complexity index is 2960. The van der Waals surface area contributed by atoms with E-state index in [2.05, 4.69) is 5.32 Å². The Balaban J connectivity index is 1.35. The van der Waals surface area contributed by atoms with E-state index in [0.29, 0.717) is 31.6 Å². The number of piperidine rings is 1. The molecule has 7 bridgehead atoms. The summed E-state index contributed by atoms with van der Waals surface area (Å²) in [6, 6.07) is 3.02. The molecule has 7 aliphatic rings. The molecule has 0 unspecified atom stereocenters. The van der Waals surface area contributed by atoms with Crippen molar-refractivity contribution in [3.05, 3.63) is 79.5 Å².